The summed E-state index contributed by atoms with van der Waals surface area (Å²) in [6.07, 6.45) is 0. The number of anilines is 1. The van der Waals surface area contributed by atoms with Gasteiger partial charge < -0.3 is 5.73 Å². The first-order chi connectivity index (χ1) is 13.8. The Morgan fingerprint density at radius 3 is 2.21 bits per heavy atom. The highest BCUT2D eigenvalue weighted by atomic mass is 35.5. The normalized spacial score (nSPS) is 12.0. The summed E-state index contributed by atoms with van der Waals surface area (Å²) in [6.45, 7) is 0. The maximum atomic E-state index is 12.9. The summed E-state index contributed by atoms with van der Waals surface area (Å²) in [6, 6.07) is 17.2. The van der Waals surface area contributed by atoms with E-state index in [1.807, 2.05) is 42.5 Å². The van der Waals surface area contributed by atoms with Gasteiger partial charge in [-0.05, 0) is 23.3 Å². The Kier molecular flexibility index (Phi) is 6.30. The van der Waals surface area contributed by atoms with Gasteiger partial charge in [0.15, 0.2) is 5.78 Å². The van der Waals surface area contributed by atoms with E-state index in [1.165, 1.54) is 25.9 Å². The molecule has 0 fully saturated rings. The number of hydrogen-bond acceptors (Lipinski definition) is 5. The van der Waals surface area contributed by atoms with Crippen LogP contribution < -0.4 is 17.0 Å². The van der Waals surface area contributed by atoms with Crippen LogP contribution in [-0.4, -0.2) is 20.7 Å². The second-order valence-corrected chi connectivity index (χ2v) is 8.07. The van der Waals surface area contributed by atoms with E-state index in [1.54, 1.807) is 12.1 Å². The second-order valence-electron chi connectivity index (χ2n) is 6.54. The lowest BCUT2D eigenvalue weighted by Crippen LogP contribution is -2.41. The molecule has 2 aromatic carbocycles. The van der Waals surface area contributed by atoms with Crippen LogP contribution in [0, 0.1) is 0 Å². The lowest BCUT2D eigenvalue weighted by atomic mass is 10.0. The molecule has 150 valence electrons. The Bertz CT molecular complexity index is 1150. The standard InChI is InChI=1S/C21H20ClN3O3S/c1-24-19(23)17(20(27)25(2)21(24)28)16(26)12-29-18(13-6-4-3-5-7-13)14-8-10-15(22)11-9-14/h3-11,18H,12,23H2,1-2H3. The summed E-state index contributed by atoms with van der Waals surface area (Å²) < 4.78 is 2.00. The zero-order valence-electron chi connectivity index (χ0n) is 16.0. The highest BCUT2D eigenvalue weighted by Gasteiger charge is 2.23. The van der Waals surface area contributed by atoms with Crippen molar-refractivity contribution < 1.29 is 4.79 Å². The van der Waals surface area contributed by atoms with E-state index in [4.69, 9.17) is 17.3 Å². The van der Waals surface area contributed by atoms with E-state index < -0.39 is 17.0 Å². The molecule has 0 bridgehead atoms. The van der Waals surface area contributed by atoms with Crippen LogP contribution in [0.25, 0.3) is 0 Å². The van der Waals surface area contributed by atoms with Gasteiger partial charge in [0.05, 0.1) is 11.0 Å². The Balaban J connectivity index is 1.93. The van der Waals surface area contributed by atoms with E-state index in [0.29, 0.717) is 5.02 Å². The van der Waals surface area contributed by atoms with Gasteiger partial charge in [0.25, 0.3) is 5.56 Å². The SMILES string of the molecule is Cn1c(N)c(C(=O)CSC(c2ccccc2)c2ccc(Cl)cc2)c(=O)n(C)c1=O. The smallest absolute Gasteiger partial charge is 0.332 e. The third-order valence-electron chi connectivity index (χ3n) is 4.64. The number of nitrogens with two attached hydrogens (primary N) is 1. The summed E-state index contributed by atoms with van der Waals surface area (Å²) in [4.78, 5) is 37.3. The minimum absolute atomic E-state index is 0.0276. The predicted octanol–water partition coefficient (Wildman–Crippen LogP) is 3.03. The Labute approximate surface area is 176 Å². The van der Waals surface area contributed by atoms with Crippen LogP contribution in [0.3, 0.4) is 0 Å². The first kappa shape index (κ1) is 21.0. The average Bonchev–Trinajstić information content (AvgIpc) is 2.73. The van der Waals surface area contributed by atoms with Crippen molar-refractivity contribution in [2.24, 2.45) is 14.1 Å². The number of ketones is 1. The van der Waals surface area contributed by atoms with Crippen molar-refractivity contribution in [3.05, 3.63) is 97.1 Å². The molecule has 8 heteroatoms. The molecule has 1 atom stereocenters. The van der Waals surface area contributed by atoms with Crippen LogP contribution in [0.1, 0.15) is 26.7 Å². The van der Waals surface area contributed by atoms with Gasteiger partial charge in [-0.1, -0.05) is 54.1 Å². The maximum Gasteiger partial charge on any atom is 0.332 e. The lowest BCUT2D eigenvalue weighted by Gasteiger charge is -2.18. The second kappa shape index (κ2) is 8.71. The molecule has 0 saturated heterocycles. The number of nitrogens with zero attached hydrogens (tertiary/aromatic N) is 2. The third kappa shape index (κ3) is 4.31. The van der Waals surface area contributed by atoms with Gasteiger partial charge in [-0.25, -0.2) is 4.79 Å². The summed E-state index contributed by atoms with van der Waals surface area (Å²) in [5, 5.41) is 0.498. The molecule has 3 rings (SSSR count). The van der Waals surface area contributed by atoms with E-state index in [-0.39, 0.29) is 22.4 Å². The van der Waals surface area contributed by atoms with Gasteiger partial charge in [0.2, 0.25) is 0 Å². The molecular formula is C21H20ClN3O3S. The molecule has 0 saturated carbocycles. The summed E-state index contributed by atoms with van der Waals surface area (Å²) in [5.74, 6) is -0.509. The van der Waals surface area contributed by atoms with Crippen LogP contribution in [-0.2, 0) is 14.1 Å². The van der Waals surface area contributed by atoms with Crippen LogP contribution in [0.5, 0.6) is 0 Å². The highest BCUT2D eigenvalue weighted by molar-refractivity contribution is 8.00. The number of Topliss-reactive ketones (excluding diaryl/α,β-unsaturated/α-hetero) is 1. The van der Waals surface area contributed by atoms with Crippen molar-refractivity contribution in [2.45, 2.75) is 5.25 Å². The lowest BCUT2D eigenvalue weighted by molar-refractivity contribution is 0.102. The Morgan fingerprint density at radius 1 is 1.00 bits per heavy atom. The molecule has 1 aromatic heterocycles. The zero-order valence-corrected chi connectivity index (χ0v) is 17.5. The number of benzene rings is 2. The first-order valence-corrected chi connectivity index (χ1v) is 10.2. The number of aromatic nitrogens is 2. The number of thioether (sulfide) groups is 1. The Hall–Kier alpha value is -2.77. The highest BCUT2D eigenvalue weighted by Crippen LogP contribution is 2.36. The van der Waals surface area contributed by atoms with Crippen LogP contribution in [0.15, 0.2) is 64.2 Å². The minimum atomic E-state index is -0.682. The first-order valence-electron chi connectivity index (χ1n) is 8.82. The molecule has 3 aromatic rings. The molecule has 0 radical (unpaired) electrons. The van der Waals surface area contributed by atoms with E-state index in [2.05, 4.69) is 0 Å². The summed E-state index contributed by atoms with van der Waals surface area (Å²) in [7, 11) is 2.76. The fourth-order valence-electron chi connectivity index (χ4n) is 3.00. The van der Waals surface area contributed by atoms with Crippen molar-refractivity contribution >= 4 is 35.0 Å². The van der Waals surface area contributed by atoms with Gasteiger partial charge in [-0.2, -0.15) is 0 Å². The number of carbonyl (C=O) groups excluding carboxylic acids is 1. The van der Waals surface area contributed by atoms with Crippen molar-refractivity contribution in [2.75, 3.05) is 11.5 Å². The fourth-order valence-corrected chi connectivity index (χ4v) is 4.29. The predicted molar refractivity (Wildman–Crippen MR) is 118 cm³/mol. The molecular weight excluding hydrogens is 410 g/mol. The van der Waals surface area contributed by atoms with Gasteiger partial charge >= 0.3 is 5.69 Å². The van der Waals surface area contributed by atoms with E-state index in [9.17, 15) is 14.4 Å². The summed E-state index contributed by atoms with van der Waals surface area (Å²) >= 11 is 7.39. The van der Waals surface area contributed by atoms with Crippen molar-refractivity contribution in [1.29, 1.82) is 0 Å². The zero-order chi connectivity index (χ0) is 21.1. The van der Waals surface area contributed by atoms with Gasteiger partial charge in [-0.3, -0.25) is 18.7 Å². The molecule has 0 amide bonds. The largest absolute Gasteiger partial charge is 0.384 e. The van der Waals surface area contributed by atoms with Crippen molar-refractivity contribution in [3.63, 3.8) is 0 Å². The molecule has 0 aliphatic carbocycles. The molecule has 1 unspecified atom stereocenters. The van der Waals surface area contributed by atoms with Gasteiger partial charge in [-0.15, -0.1) is 11.8 Å². The van der Waals surface area contributed by atoms with Crippen molar-refractivity contribution in [3.8, 4) is 0 Å². The van der Waals surface area contributed by atoms with Crippen LogP contribution in [0.2, 0.25) is 5.02 Å². The number of halogens is 1. The Morgan fingerprint density at radius 2 is 1.59 bits per heavy atom. The topological polar surface area (TPSA) is 87.1 Å². The van der Waals surface area contributed by atoms with Crippen LogP contribution in [0.4, 0.5) is 5.82 Å². The van der Waals surface area contributed by atoms with Crippen molar-refractivity contribution in [1.82, 2.24) is 9.13 Å². The number of nitrogen functional groups attached to an aromatic ring is 1. The summed E-state index contributed by atoms with van der Waals surface area (Å²) in [5.41, 5.74) is 6.50. The number of hydrogen-bond donors (Lipinski definition) is 1. The average molecular weight is 430 g/mol. The quantitative estimate of drug-likeness (QED) is 0.608. The maximum absolute atomic E-state index is 12.9. The molecule has 1 heterocycles. The molecule has 6 nitrogen and oxygen atoms in total. The fraction of sp³-hybridized carbons (Fsp3) is 0.190. The van der Waals surface area contributed by atoms with Crippen LogP contribution >= 0.6 is 23.4 Å². The molecule has 0 aliphatic rings. The molecule has 0 aliphatic heterocycles. The minimum Gasteiger partial charge on any atom is -0.384 e. The number of carbonyl (C=O) groups is 1. The molecule has 0 spiro atoms. The van der Waals surface area contributed by atoms with Gasteiger partial charge in [0.1, 0.15) is 11.4 Å². The third-order valence-corrected chi connectivity index (χ3v) is 6.20. The van der Waals surface area contributed by atoms with Gasteiger partial charge in [0, 0.05) is 19.1 Å². The molecule has 29 heavy (non-hydrogen) atoms. The number of rotatable bonds is 6. The van der Waals surface area contributed by atoms with E-state index in [0.717, 1.165) is 20.3 Å². The monoisotopic (exact) mass is 429 g/mol. The van der Waals surface area contributed by atoms with E-state index >= 15 is 0 Å². The molecule has 2 N–H and O–H groups in total.